The standard InChI is InChI=1S/C12H17O2.3ClH.Ti/c1-8-9(2)12(3,4)7-10(8)6-11(13)14-5;;;;/h6H2,1-5H3;3*1H;/q;;;;+3/p-3. The van der Waals surface area contributed by atoms with Crippen LogP contribution in [0.15, 0.2) is 20.6 Å². The number of allylic oxidation sites excluding steroid dienone is 3. The number of carbonyl (C=O) groups excluding carboxylic acids is 1. The normalized spacial score (nSPS) is 16.6. The van der Waals surface area contributed by atoms with E-state index in [9.17, 15) is 4.79 Å². The number of esters is 1. The van der Waals surface area contributed by atoms with Crippen LogP contribution in [0.3, 0.4) is 0 Å². The van der Waals surface area contributed by atoms with Gasteiger partial charge in [0.1, 0.15) is 0 Å². The molecule has 0 N–H and O–H groups in total. The molecule has 0 aromatic heterocycles. The predicted molar refractivity (Wildman–Crippen MR) is 55.8 cm³/mol. The number of hydrogen-bond donors (Lipinski definition) is 0. The summed E-state index contributed by atoms with van der Waals surface area (Å²) in [5.74, 6) is -0.158. The first-order valence-corrected chi connectivity index (χ1v) is 5.80. The van der Waals surface area contributed by atoms with Gasteiger partial charge in [-0.05, 0) is 0 Å². The molecule has 0 saturated heterocycles. The van der Waals surface area contributed by atoms with Crippen LogP contribution in [0.5, 0.6) is 0 Å². The van der Waals surface area contributed by atoms with Gasteiger partial charge in [-0.3, -0.25) is 0 Å². The third kappa shape index (κ3) is 4.28. The number of halogens is 3. The molecular weight excluding hydrogens is 330 g/mol. The van der Waals surface area contributed by atoms with E-state index in [0.717, 1.165) is 5.57 Å². The molecule has 0 bridgehead atoms. The molecule has 0 heterocycles. The summed E-state index contributed by atoms with van der Waals surface area (Å²) in [6.07, 6.45) is 0.398. The molecule has 0 aliphatic heterocycles. The average Bonchev–Trinajstić information content (AvgIpc) is 2.33. The van der Waals surface area contributed by atoms with Crippen LogP contribution in [0.1, 0.15) is 34.1 Å². The largest absolute Gasteiger partial charge is 1.00 e. The van der Waals surface area contributed by atoms with E-state index in [0.29, 0.717) is 6.42 Å². The van der Waals surface area contributed by atoms with Gasteiger partial charge in [-0.15, -0.1) is 0 Å². The Hall–Kier alpha value is 0.534. The molecule has 102 valence electrons. The number of methoxy groups -OCH3 is 1. The molecule has 0 atom stereocenters. The number of rotatable bonds is 2. The molecule has 18 heavy (non-hydrogen) atoms. The van der Waals surface area contributed by atoms with Crippen LogP contribution < -0.4 is 37.2 Å². The maximum absolute atomic E-state index is 11.3. The monoisotopic (exact) mass is 346 g/mol. The topological polar surface area (TPSA) is 26.3 Å². The number of ether oxygens (including phenoxy) is 1. The molecular formula is C12H17Cl3O2Ti. The van der Waals surface area contributed by atoms with Crippen LogP contribution in [0, 0.1) is 5.41 Å². The van der Waals surface area contributed by atoms with E-state index < -0.39 is 0 Å². The van der Waals surface area contributed by atoms with Crippen molar-refractivity contribution >= 4 is 5.97 Å². The fourth-order valence-corrected chi connectivity index (χ4v) is 2.61. The molecule has 0 spiro atoms. The Labute approximate surface area is 140 Å². The molecule has 1 aliphatic carbocycles. The molecule has 0 aromatic carbocycles. The van der Waals surface area contributed by atoms with Crippen molar-refractivity contribution in [1.29, 1.82) is 0 Å². The Bertz CT molecular complexity index is 374. The van der Waals surface area contributed by atoms with Gasteiger partial charge in [0.15, 0.2) is 0 Å². The van der Waals surface area contributed by atoms with E-state index in [2.05, 4.69) is 48.1 Å². The fourth-order valence-electron chi connectivity index (χ4n) is 1.88. The molecule has 0 fully saturated rings. The van der Waals surface area contributed by atoms with Crippen molar-refractivity contribution in [3.05, 3.63) is 20.6 Å². The zero-order chi connectivity index (χ0) is 11.8. The molecule has 0 aromatic rings. The van der Waals surface area contributed by atoms with Gasteiger partial charge < -0.3 is 37.2 Å². The summed E-state index contributed by atoms with van der Waals surface area (Å²) < 4.78 is 6.01. The van der Waals surface area contributed by atoms with Gasteiger partial charge in [0.05, 0.1) is 0 Å². The van der Waals surface area contributed by atoms with Gasteiger partial charge in [-0.1, -0.05) is 0 Å². The Kier molecular flexibility index (Phi) is 11.4. The third-order valence-electron chi connectivity index (χ3n) is 3.43. The zero-order valence-corrected chi connectivity index (χ0v) is 15.0. The Balaban J connectivity index is -0.000000750. The van der Waals surface area contributed by atoms with Crippen molar-refractivity contribution in [3.63, 3.8) is 0 Å². The van der Waals surface area contributed by atoms with E-state index in [1.165, 1.54) is 22.1 Å². The van der Waals surface area contributed by atoms with E-state index in [1.807, 2.05) is 0 Å². The molecule has 0 radical (unpaired) electrons. The van der Waals surface area contributed by atoms with E-state index in [-0.39, 0.29) is 48.6 Å². The number of carbonyl (C=O) groups is 1. The van der Waals surface area contributed by atoms with Gasteiger partial charge in [0.2, 0.25) is 0 Å². The summed E-state index contributed by atoms with van der Waals surface area (Å²) in [4.78, 5) is 11.3. The van der Waals surface area contributed by atoms with Crippen LogP contribution in [0.25, 0.3) is 0 Å². The summed E-state index contributed by atoms with van der Waals surface area (Å²) in [7, 11) is 1.43. The molecule has 6 heteroatoms. The summed E-state index contributed by atoms with van der Waals surface area (Å²) in [5, 5.41) is 0. The van der Waals surface area contributed by atoms with E-state index >= 15 is 0 Å². The molecule has 0 amide bonds. The molecule has 1 rings (SSSR count). The van der Waals surface area contributed by atoms with Crippen LogP contribution >= 0.6 is 0 Å². The van der Waals surface area contributed by atoms with Gasteiger partial charge in [-0.2, -0.15) is 0 Å². The zero-order valence-electron chi connectivity index (χ0n) is 11.2. The minimum Gasteiger partial charge on any atom is -1.00 e. The second-order valence-electron chi connectivity index (χ2n) is 4.48. The summed E-state index contributed by atoms with van der Waals surface area (Å²) in [5.41, 5.74) is 3.86. The van der Waals surface area contributed by atoms with Gasteiger partial charge >= 0.3 is 103 Å². The van der Waals surface area contributed by atoms with Crippen molar-refractivity contribution in [2.75, 3.05) is 7.11 Å². The first kappa shape index (κ1) is 23.6. The van der Waals surface area contributed by atoms with Crippen molar-refractivity contribution in [2.24, 2.45) is 5.41 Å². The molecule has 0 saturated carbocycles. The van der Waals surface area contributed by atoms with Gasteiger partial charge in [-0.25, -0.2) is 0 Å². The van der Waals surface area contributed by atoms with Gasteiger partial charge in [0, 0.05) is 0 Å². The molecule has 0 unspecified atom stereocenters. The molecule has 1 aliphatic rings. The SMILES string of the molecule is COC(=O)CC1=[C]([Ti+3])C(C)(C)C(C)=C1C.[Cl-].[Cl-].[Cl-]. The third-order valence-corrected chi connectivity index (χ3v) is 4.88. The second-order valence-corrected chi connectivity index (χ2v) is 5.26. The van der Waals surface area contributed by atoms with Crippen LogP contribution in [0.2, 0.25) is 0 Å². The van der Waals surface area contributed by atoms with E-state index in [1.54, 1.807) is 0 Å². The van der Waals surface area contributed by atoms with E-state index in [4.69, 9.17) is 4.74 Å². The minimum atomic E-state index is -0.158. The average molecular weight is 347 g/mol. The smallest absolute Gasteiger partial charge is 1.00 e. The van der Waals surface area contributed by atoms with Crippen molar-refractivity contribution in [3.8, 4) is 0 Å². The summed E-state index contributed by atoms with van der Waals surface area (Å²) in [6.45, 7) is 8.63. The first-order chi connectivity index (χ1) is 6.82. The summed E-state index contributed by atoms with van der Waals surface area (Å²) in [6, 6.07) is 0. The van der Waals surface area contributed by atoms with Gasteiger partial charge in [0.25, 0.3) is 0 Å². The summed E-state index contributed by atoms with van der Waals surface area (Å²) >= 11 is 2.11. The van der Waals surface area contributed by atoms with Crippen molar-refractivity contribution in [1.82, 2.24) is 0 Å². The Morgan fingerprint density at radius 3 is 1.94 bits per heavy atom. The first-order valence-electron chi connectivity index (χ1n) is 5.02. The Morgan fingerprint density at radius 1 is 1.22 bits per heavy atom. The van der Waals surface area contributed by atoms with Crippen molar-refractivity contribution in [2.45, 2.75) is 34.1 Å². The van der Waals surface area contributed by atoms with Crippen LogP contribution in [-0.2, 0) is 30.0 Å². The maximum atomic E-state index is 11.3. The second kappa shape index (κ2) is 8.65. The number of hydrogen-bond acceptors (Lipinski definition) is 2. The quantitative estimate of drug-likeness (QED) is 0.367. The van der Waals surface area contributed by atoms with Crippen LogP contribution in [0.4, 0.5) is 0 Å². The minimum absolute atomic E-state index is 0. The van der Waals surface area contributed by atoms with Crippen molar-refractivity contribution < 1.29 is 67.2 Å². The van der Waals surface area contributed by atoms with Crippen LogP contribution in [-0.4, -0.2) is 13.1 Å². The molecule has 2 nitrogen and oxygen atoms in total. The Morgan fingerprint density at radius 2 is 1.67 bits per heavy atom. The fraction of sp³-hybridized carbons (Fsp3) is 0.583. The maximum Gasteiger partial charge on any atom is -1.00 e. The predicted octanol–water partition coefficient (Wildman–Crippen LogP) is -6.26.